The molecule has 116 valence electrons. The monoisotopic (exact) mass is 353 g/mol. The third-order valence-electron chi connectivity index (χ3n) is 3.18. The van der Waals surface area contributed by atoms with Gasteiger partial charge in [-0.05, 0) is 30.2 Å². The van der Waals surface area contributed by atoms with E-state index in [4.69, 9.17) is 23.2 Å². The van der Waals surface area contributed by atoms with Crippen molar-refractivity contribution in [1.82, 2.24) is 5.32 Å². The highest BCUT2D eigenvalue weighted by Crippen LogP contribution is 2.24. The Bertz CT molecular complexity index is 634. The lowest BCUT2D eigenvalue weighted by Crippen LogP contribution is -2.28. The first-order chi connectivity index (χ1) is 10.6. The Morgan fingerprint density at radius 2 is 1.91 bits per heavy atom. The number of benzene rings is 2. The van der Waals surface area contributed by atoms with E-state index in [0.717, 1.165) is 11.1 Å². The van der Waals surface area contributed by atoms with Gasteiger partial charge in [0.2, 0.25) is 5.91 Å². The minimum absolute atomic E-state index is 0.00780. The number of thioether (sulfide) groups is 1. The highest BCUT2D eigenvalue weighted by molar-refractivity contribution is 7.99. The number of carbonyl (C=O) groups is 1. The van der Waals surface area contributed by atoms with Crippen molar-refractivity contribution < 1.29 is 4.79 Å². The van der Waals surface area contributed by atoms with Crippen LogP contribution in [0.2, 0.25) is 10.0 Å². The Kier molecular flexibility index (Phi) is 6.62. The van der Waals surface area contributed by atoms with Crippen LogP contribution in [0.15, 0.2) is 48.5 Å². The summed E-state index contributed by atoms with van der Waals surface area (Å²) in [4.78, 5) is 12.0. The Morgan fingerprint density at radius 3 is 2.59 bits per heavy atom. The van der Waals surface area contributed by atoms with E-state index in [1.54, 1.807) is 12.1 Å². The zero-order chi connectivity index (χ0) is 15.9. The number of nitrogens with one attached hydrogen (secondary N) is 1. The van der Waals surface area contributed by atoms with Gasteiger partial charge in [0, 0.05) is 15.8 Å². The average molecular weight is 354 g/mol. The Balaban J connectivity index is 1.78. The standard InChI is InChI=1S/C17H17Cl2NOS/c1-12(13-5-3-2-4-6-13)20-17(21)11-22-10-14-7-8-15(18)9-16(14)19/h2-9,12H,10-11H2,1H3,(H,20,21). The van der Waals surface area contributed by atoms with Gasteiger partial charge in [0.25, 0.3) is 0 Å². The third-order valence-corrected chi connectivity index (χ3v) is 4.75. The summed E-state index contributed by atoms with van der Waals surface area (Å²) in [6.07, 6.45) is 0. The summed E-state index contributed by atoms with van der Waals surface area (Å²) < 4.78 is 0. The summed E-state index contributed by atoms with van der Waals surface area (Å²) in [5, 5.41) is 4.25. The van der Waals surface area contributed by atoms with Crippen LogP contribution in [-0.4, -0.2) is 11.7 Å². The molecular formula is C17H17Cl2NOS. The fourth-order valence-electron chi connectivity index (χ4n) is 2.00. The van der Waals surface area contributed by atoms with Gasteiger partial charge in [-0.2, -0.15) is 0 Å². The molecule has 0 aliphatic heterocycles. The lowest BCUT2D eigenvalue weighted by molar-refractivity contribution is -0.119. The van der Waals surface area contributed by atoms with Crippen molar-refractivity contribution in [2.75, 3.05) is 5.75 Å². The largest absolute Gasteiger partial charge is 0.349 e. The molecule has 0 saturated heterocycles. The van der Waals surface area contributed by atoms with E-state index in [9.17, 15) is 4.79 Å². The van der Waals surface area contributed by atoms with Crippen LogP contribution in [0.25, 0.3) is 0 Å². The molecule has 0 aliphatic carbocycles. The van der Waals surface area contributed by atoms with Gasteiger partial charge in [-0.15, -0.1) is 11.8 Å². The van der Waals surface area contributed by atoms with Gasteiger partial charge < -0.3 is 5.32 Å². The van der Waals surface area contributed by atoms with E-state index in [1.807, 2.05) is 43.3 Å². The highest BCUT2D eigenvalue weighted by Gasteiger charge is 2.09. The van der Waals surface area contributed by atoms with Crippen molar-refractivity contribution in [3.63, 3.8) is 0 Å². The SMILES string of the molecule is CC(NC(=O)CSCc1ccc(Cl)cc1Cl)c1ccccc1. The molecule has 2 aromatic rings. The van der Waals surface area contributed by atoms with Crippen LogP contribution in [0.4, 0.5) is 0 Å². The molecule has 0 saturated carbocycles. The summed E-state index contributed by atoms with van der Waals surface area (Å²) in [6.45, 7) is 1.98. The molecule has 0 heterocycles. The summed E-state index contributed by atoms with van der Waals surface area (Å²) in [6, 6.07) is 15.3. The Labute approximate surface area is 145 Å². The van der Waals surface area contributed by atoms with Gasteiger partial charge in [0.05, 0.1) is 11.8 Å². The molecule has 0 aromatic heterocycles. The Morgan fingerprint density at radius 1 is 1.18 bits per heavy atom. The van der Waals surface area contributed by atoms with Crippen molar-refractivity contribution in [3.05, 3.63) is 69.7 Å². The van der Waals surface area contributed by atoms with Crippen LogP contribution in [0.3, 0.4) is 0 Å². The molecule has 22 heavy (non-hydrogen) atoms. The molecule has 1 atom stereocenters. The number of hydrogen-bond donors (Lipinski definition) is 1. The first-order valence-electron chi connectivity index (χ1n) is 6.92. The van der Waals surface area contributed by atoms with E-state index < -0.39 is 0 Å². The van der Waals surface area contributed by atoms with E-state index in [2.05, 4.69) is 5.32 Å². The zero-order valence-corrected chi connectivity index (χ0v) is 14.5. The third kappa shape index (κ3) is 5.24. The van der Waals surface area contributed by atoms with Crippen molar-refractivity contribution in [2.45, 2.75) is 18.7 Å². The molecule has 0 bridgehead atoms. The predicted molar refractivity (Wildman–Crippen MR) is 95.6 cm³/mol. The second kappa shape index (κ2) is 8.47. The molecule has 2 nitrogen and oxygen atoms in total. The minimum atomic E-state index is 0.00780. The first kappa shape index (κ1) is 17.2. The van der Waals surface area contributed by atoms with Gasteiger partial charge in [-0.25, -0.2) is 0 Å². The predicted octanol–water partition coefficient (Wildman–Crippen LogP) is 5.10. The molecule has 5 heteroatoms. The molecule has 0 spiro atoms. The van der Waals surface area contributed by atoms with E-state index >= 15 is 0 Å². The van der Waals surface area contributed by atoms with Crippen LogP contribution in [0.5, 0.6) is 0 Å². The second-order valence-electron chi connectivity index (χ2n) is 4.93. The zero-order valence-electron chi connectivity index (χ0n) is 12.2. The maximum atomic E-state index is 12.0. The van der Waals surface area contributed by atoms with E-state index in [1.165, 1.54) is 11.8 Å². The molecule has 0 fully saturated rings. The van der Waals surface area contributed by atoms with Crippen molar-refractivity contribution in [3.8, 4) is 0 Å². The van der Waals surface area contributed by atoms with Gasteiger partial charge in [0.1, 0.15) is 0 Å². The maximum absolute atomic E-state index is 12.0. The van der Waals surface area contributed by atoms with Crippen LogP contribution < -0.4 is 5.32 Å². The molecule has 1 N–H and O–H groups in total. The molecule has 1 unspecified atom stereocenters. The molecule has 0 aliphatic rings. The number of rotatable bonds is 6. The van der Waals surface area contributed by atoms with Gasteiger partial charge in [0.15, 0.2) is 0 Å². The summed E-state index contributed by atoms with van der Waals surface area (Å²) in [5.41, 5.74) is 2.08. The fraction of sp³-hybridized carbons (Fsp3) is 0.235. The number of amides is 1. The van der Waals surface area contributed by atoms with Gasteiger partial charge in [-0.3, -0.25) is 4.79 Å². The number of carbonyl (C=O) groups excluding carboxylic acids is 1. The van der Waals surface area contributed by atoms with Gasteiger partial charge >= 0.3 is 0 Å². The van der Waals surface area contributed by atoms with Crippen molar-refractivity contribution >= 4 is 40.9 Å². The topological polar surface area (TPSA) is 29.1 Å². The van der Waals surface area contributed by atoms with Crippen LogP contribution >= 0.6 is 35.0 Å². The van der Waals surface area contributed by atoms with Crippen molar-refractivity contribution in [1.29, 1.82) is 0 Å². The first-order valence-corrected chi connectivity index (χ1v) is 8.83. The lowest BCUT2D eigenvalue weighted by Gasteiger charge is -2.14. The number of hydrogen-bond acceptors (Lipinski definition) is 2. The molecule has 2 aromatic carbocycles. The van der Waals surface area contributed by atoms with Crippen LogP contribution in [0.1, 0.15) is 24.1 Å². The second-order valence-corrected chi connectivity index (χ2v) is 6.76. The average Bonchev–Trinajstić information content (AvgIpc) is 2.50. The summed E-state index contributed by atoms with van der Waals surface area (Å²) in [7, 11) is 0. The smallest absolute Gasteiger partial charge is 0.230 e. The number of halogens is 2. The van der Waals surface area contributed by atoms with Crippen LogP contribution in [-0.2, 0) is 10.5 Å². The highest BCUT2D eigenvalue weighted by atomic mass is 35.5. The summed E-state index contributed by atoms with van der Waals surface area (Å²) >= 11 is 13.5. The van der Waals surface area contributed by atoms with Gasteiger partial charge in [-0.1, -0.05) is 59.6 Å². The molecule has 0 radical (unpaired) electrons. The van der Waals surface area contributed by atoms with Crippen LogP contribution in [0, 0.1) is 0 Å². The maximum Gasteiger partial charge on any atom is 0.230 e. The fourth-order valence-corrected chi connectivity index (χ4v) is 3.40. The Hall–Kier alpha value is -1.16. The van der Waals surface area contributed by atoms with Crippen molar-refractivity contribution in [2.24, 2.45) is 0 Å². The summed E-state index contributed by atoms with van der Waals surface area (Å²) in [5.74, 6) is 1.10. The van der Waals surface area contributed by atoms with E-state index in [0.29, 0.717) is 21.6 Å². The normalized spacial score (nSPS) is 12.0. The molecular weight excluding hydrogens is 337 g/mol. The molecule has 1 amide bonds. The van der Waals surface area contributed by atoms with E-state index in [-0.39, 0.29) is 11.9 Å². The minimum Gasteiger partial charge on any atom is -0.349 e. The lowest BCUT2D eigenvalue weighted by atomic mass is 10.1. The quantitative estimate of drug-likeness (QED) is 0.782. The molecule has 2 rings (SSSR count).